The molecule has 0 bridgehead atoms. The largest absolute Gasteiger partial charge is 0.396 e. The number of nitrogens with one attached hydrogen (secondary N) is 1. The standard InChI is InChI=1S/C23H27ClF2N8O/c1-11-8-33(9-12(2)32(11)4)19-6-15(25)18(34-10-20(28)30-31-34)7-17(19)29-23(35)14-5-16(27)22(26)13(3)21(14)24/h5-7,10-12H,8-9,27-28H2,1-4H3,(H,29,35)/t11-,12+. The van der Waals surface area contributed by atoms with Gasteiger partial charge in [0.25, 0.3) is 5.91 Å². The lowest BCUT2D eigenvalue weighted by Crippen LogP contribution is -2.55. The van der Waals surface area contributed by atoms with Crippen molar-refractivity contribution in [2.24, 2.45) is 0 Å². The molecule has 4 rings (SSSR count). The number of hydrogen-bond acceptors (Lipinski definition) is 7. The molecule has 0 spiro atoms. The van der Waals surface area contributed by atoms with Crippen molar-refractivity contribution in [2.45, 2.75) is 32.9 Å². The summed E-state index contributed by atoms with van der Waals surface area (Å²) < 4.78 is 30.6. The van der Waals surface area contributed by atoms with Gasteiger partial charge >= 0.3 is 0 Å². The van der Waals surface area contributed by atoms with Gasteiger partial charge in [-0.2, -0.15) is 0 Å². The van der Waals surface area contributed by atoms with Gasteiger partial charge in [-0.3, -0.25) is 9.69 Å². The molecule has 1 fully saturated rings. The summed E-state index contributed by atoms with van der Waals surface area (Å²) in [7, 11) is 2.04. The highest BCUT2D eigenvalue weighted by Crippen LogP contribution is 2.35. The Morgan fingerprint density at radius 3 is 2.40 bits per heavy atom. The predicted molar refractivity (Wildman–Crippen MR) is 133 cm³/mol. The molecular formula is C23H27ClF2N8O. The van der Waals surface area contributed by atoms with Crippen LogP contribution in [0.25, 0.3) is 5.69 Å². The third-order valence-electron chi connectivity index (χ3n) is 6.46. The van der Waals surface area contributed by atoms with Crippen molar-refractivity contribution in [1.29, 1.82) is 0 Å². The van der Waals surface area contributed by atoms with Crippen LogP contribution in [0.3, 0.4) is 0 Å². The van der Waals surface area contributed by atoms with Crippen molar-refractivity contribution < 1.29 is 13.6 Å². The summed E-state index contributed by atoms with van der Waals surface area (Å²) in [5.74, 6) is -1.75. The minimum Gasteiger partial charge on any atom is -0.396 e. The molecule has 0 saturated carbocycles. The number of amides is 1. The number of nitrogens with zero attached hydrogens (tertiary/aromatic N) is 5. The van der Waals surface area contributed by atoms with Crippen LogP contribution in [0.5, 0.6) is 0 Å². The Balaban J connectivity index is 1.80. The van der Waals surface area contributed by atoms with E-state index in [1.54, 1.807) is 0 Å². The fraction of sp³-hybridized carbons (Fsp3) is 0.348. The summed E-state index contributed by atoms with van der Waals surface area (Å²) in [6, 6.07) is 4.36. The van der Waals surface area contributed by atoms with Crippen LogP contribution >= 0.6 is 11.6 Å². The maximum Gasteiger partial charge on any atom is 0.257 e. The van der Waals surface area contributed by atoms with E-state index in [0.717, 1.165) is 0 Å². The number of piperazine rings is 1. The van der Waals surface area contributed by atoms with E-state index in [4.69, 9.17) is 23.1 Å². The molecule has 0 radical (unpaired) electrons. The molecule has 2 aromatic carbocycles. The molecule has 12 heteroatoms. The van der Waals surface area contributed by atoms with Crippen LogP contribution in [0.1, 0.15) is 29.8 Å². The molecular weight excluding hydrogens is 478 g/mol. The highest BCUT2D eigenvalue weighted by molar-refractivity contribution is 6.35. The van der Waals surface area contributed by atoms with Gasteiger partial charge in [0.15, 0.2) is 17.5 Å². The number of hydrogen-bond donors (Lipinski definition) is 3. The minimum atomic E-state index is -0.680. The first kappa shape index (κ1) is 24.7. The van der Waals surface area contributed by atoms with Gasteiger partial charge in [0.1, 0.15) is 5.69 Å². The maximum absolute atomic E-state index is 15.3. The smallest absolute Gasteiger partial charge is 0.257 e. The van der Waals surface area contributed by atoms with Gasteiger partial charge in [-0.1, -0.05) is 16.8 Å². The quantitative estimate of drug-likeness (QED) is 0.466. The van der Waals surface area contributed by atoms with Crippen LogP contribution in [0.15, 0.2) is 24.4 Å². The lowest BCUT2D eigenvalue weighted by atomic mass is 10.1. The van der Waals surface area contributed by atoms with E-state index in [9.17, 15) is 9.18 Å². The molecule has 0 unspecified atom stereocenters. The molecule has 3 aromatic rings. The number of nitrogen functional groups attached to an aromatic ring is 2. The van der Waals surface area contributed by atoms with Crippen LogP contribution in [0, 0.1) is 18.6 Å². The summed E-state index contributed by atoms with van der Waals surface area (Å²) in [6.07, 6.45) is 1.37. The molecule has 2 atom stereocenters. The molecule has 2 heterocycles. The zero-order chi connectivity index (χ0) is 25.6. The van der Waals surface area contributed by atoms with Gasteiger partial charge in [0.2, 0.25) is 0 Å². The van der Waals surface area contributed by atoms with Crippen LogP contribution in [-0.4, -0.2) is 58.0 Å². The SMILES string of the molecule is Cc1c(F)c(N)cc(C(=O)Nc2cc(-n3cc(N)nn3)c(F)cc2N2C[C@@H](C)N(C)[C@@H](C)C2)c1Cl. The summed E-state index contributed by atoms with van der Waals surface area (Å²) >= 11 is 6.26. The molecule has 1 aromatic heterocycles. The second kappa shape index (κ2) is 9.31. The number of rotatable bonds is 4. The Kier molecular flexibility index (Phi) is 6.56. The van der Waals surface area contributed by atoms with Gasteiger partial charge in [-0.25, -0.2) is 13.5 Å². The van der Waals surface area contributed by atoms with Crippen LogP contribution in [-0.2, 0) is 0 Å². The number of aromatic nitrogens is 3. The van der Waals surface area contributed by atoms with E-state index in [0.29, 0.717) is 24.5 Å². The summed E-state index contributed by atoms with van der Waals surface area (Å²) in [5.41, 5.74) is 12.1. The van der Waals surface area contributed by atoms with E-state index in [1.165, 1.54) is 36.0 Å². The van der Waals surface area contributed by atoms with E-state index < -0.39 is 17.5 Å². The summed E-state index contributed by atoms with van der Waals surface area (Å²) in [4.78, 5) is 17.5. The summed E-state index contributed by atoms with van der Waals surface area (Å²) in [5, 5.41) is 10.3. The van der Waals surface area contributed by atoms with Crippen LogP contribution in [0.2, 0.25) is 5.02 Å². The number of benzene rings is 2. The van der Waals surface area contributed by atoms with Crippen LogP contribution < -0.4 is 21.7 Å². The molecule has 9 nitrogen and oxygen atoms in total. The Morgan fingerprint density at radius 1 is 1.14 bits per heavy atom. The van der Waals surface area contributed by atoms with Crippen molar-refractivity contribution in [3.05, 3.63) is 52.2 Å². The number of carbonyl (C=O) groups excluding carboxylic acids is 1. The Morgan fingerprint density at radius 2 is 1.80 bits per heavy atom. The van der Waals surface area contributed by atoms with Gasteiger partial charge in [0.05, 0.1) is 33.8 Å². The second-order valence-corrected chi connectivity index (χ2v) is 9.28. The van der Waals surface area contributed by atoms with E-state index >= 15 is 4.39 Å². The average Bonchev–Trinajstić information content (AvgIpc) is 3.24. The first-order chi connectivity index (χ1) is 16.5. The Labute approximate surface area is 206 Å². The zero-order valence-electron chi connectivity index (χ0n) is 19.8. The molecule has 1 amide bonds. The first-order valence-corrected chi connectivity index (χ1v) is 11.4. The fourth-order valence-electron chi connectivity index (χ4n) is 4.24. The Bertz CT molecular complexity index is 1290. The predicted octanol–water partition coefficient (Wildman–Crippen LogP) is 3.45. The molecule has 1 saturated heterocycles. The van der Waals surface area contributed by atoms with E-state index in [1.807, 2.05) is 11.9 Å². The fourth-order valence-corrected chi connectivity index (χ4v) is 4.46. The summed E-state index contributed by atoms with van der Waals surface area (Å²) in [6.45, 7) is 6.82. The minimum absolute atomic E-state index is 0.00463. The van der Waals surface area contributed by atoms with Crippen molar-refractivity contribution >= 4 is 40.4 Å². The number of likely N-dealkylation sites (N-methyl/N-ethyl adjacent to an activating group) is 1. The van der Waals surface area contributed by atoms with Crippen molar-refractivity contribution in [1.82, 2.24) is 19.9 Å². The number of carbonyl (C=O) groups is 1. The molecule has 1 aliphatic heterocycles. The number of nitrogens with two attached hydrogens (primary N) is 2. The van der Waals surface area contributed by atoms with Gasteiger partial charge in [-0.15, -0.1) is 5.10 Å². The highest BCUT2D eigenvalue weighted by Gasteiger charge is 2.29. The Hall–Kier alpha value is -3.44. The third-order valence-corrected chi connectivity index (χ3v) is 6.95. The average molecular weight is 505 g/mol. The van der Waals surface area contributed by atoms with Crippen molar-refractivity contribution in [3.8, 4) is 5.69 Å². The number of halogens is 3. The van der Waals surface area contributed by atoms with Crippen LogP contribution in [0.4, 0.5) is 31.7 Å². The van der Waals surface area contributed by atoms with Gasteiger partial charge in [0, 0.05) is 36.8 Å². The van der Waals surface area contributed by atoms with E-state index in [2.05, 4.69) is 34.4 Å². The molecule has 186 valence electrons. The van der Waals surface area contributed by atoms with Crippen molar-refractivity contribution in [3.63, 3.8) is 0 Å². The lowest BCUT2D eigenvalue weighted by Gasteiger charge is -2.44. The molecule has 5 N–H and O–H groups in total. The monoisotopic (exact) mass is 504 g/mol. The lowest BCUT2D eigenvalue weighted by molar-refractivity contribution is 0.102. The number of anilines is 4. The van der Waals surface area contributed by atoms with Gasteiger partial charge in [-0.05, 0) is 40.0 Å². The molecule has 35 heavy (non-hydrogen) atoms. The topological polar surface area (TPSA) is 118 Å². The van der Waals surface area contributed by atoms with Crippen molar-refractivity contribution in [2.75, 3.05) is 41.8 Å². The zero-order valence-corrected chi connectivity index (χ0v) is 20.6. The first-order valence-electron chi connectivity index (χ1n) is 11.0. The second-order valence-electron chi connectivity index (χ2n) is 8.90. The normalized spacial score (nSPS) is 18.7. The molecule has 0 aliphatic carbocycles. The molecule has 1 aliphatic rings. The van der Waals surface area contributed by atoms with E-state index in [-0.39, 0.29) is 45.4 Å². The third kappa shape index (κ3) is 4.61. The highest BCUT2D eigenvalue weighted by atomic mass is 35.5. The van der Waals surface area contributed by atoms with Gasteiger partial charge < -0.3 is 21.7 Å². The maximum atomic E-state index is 15.3.